The van der Waals surface area contributed by atoms with E-state index in [1.54, 1.807) is 0 Å². The molecule has 1 aliphatic carbocycles. The maximum Gasteiger partial charge on any atom is 0.223 e. The second-order valence-electron chi connectivity index (χ2n) is 5.07. The van der Waals surface area contributed by atoms with E-state index in [4.69, 9.17) is 10.00 Å². The van der Waals surface area contributed by atoms with Crippen LogP contribution in [0.2, 0.25) is 0 Å². The third-order valence-corrected chi connectivity index (χ3v) is 3.85. The van der Waals surface area contributed by atoms with Gasteiger partial charge in [-0.15, -0.1) is 0 Å². The highest BCUT2D eigenvalue weighted by molar-refractivity contribution is 5.79. The zero-order valence-electron chi connectivity index (χ0n) is 10.2. The average Bonchev–Trinajstić information content (AvgIpc) is 2.40. The molecule has 1 saturated carbocycles. The Bertz CT molecular complexity index is 297. The van der Waals surface area contributed by atoms with Gasteiger partial charge in [0, 0.05) is 31.1 Å². The molecule has 1 heterocycles. The molecular formula is C13H20N2O2. The van der Waals surface area contributed by atoms with Crippen molar-refractivity contribution in [1.82, 2.24) is 5.32 Å². The average molecular weight is 236 g/mol. The molecule has 0 aromatic heterocycles. The van der Waals surface area contributed by atoms with E-state index in [0.717, 1.165) is 38.5 Å². The number of carbonyl (C=O) groups is 1. The van der Waals surface area contributed by atoms with Crippen molar-refractivity contribution in [3.63, 3.8) is 0 Å². The highest BCUT2D eigenvalue weighted by Crippen LogP contribution is 2.24. The number of carbonyl (C=O) groups excluding carboxylic acids is 1. The minimum atomic E-state index is 0.137. The van der Waals surface area contributed by atoms with Crippen LogP contribution in [0.1, 0.15) is 38.5 Å². The maximum absolute atomic E-state index is 12.0. The summed E-state index contributed by atoms with van der Waals surface area (Å²) < 4.78 is 5.25. The van der Waals surface area contributed by atoms with Crippen molar-refractivity contribution in [1.29, 1.82) is 5.26 Å². The van der Waals surface area contributed by atoms with Crippen LogP contribution in [0.3, 0.4) is 0 Å². The fourth-order valence-corrected chi connectivity index (χ4v) is 2.65. The molecule has 17 heavy (non-hydrogen) atoms. The van der Waals surface area contributed by atoms with Crippen LogP contribution in [0, 0.1) is 23.2 Å². The van der Waals surface area contributed by atoms with Crippen LogP contribution >= 0.6 is 0 Å². The van der Waals surface area contributed by atoms with Crippen LogP contribution < -0.4 is 5.32 Å². The lowest BCUT2D eigenvalue weighted by molar-refractivity contribution is -0.128. The molecule has 0 atom stereocenters. The lowest BCUT2D eigenvalue weighted by Crippen LogP contribution is -2.42. The van der Waals surface area contributed by atoms with Crippen LogP contribution in [-0.2, 0) is 9.53 Å². The van der Waals surface area contributed by atoms with Gasteiger partial charge in [0.05, 0.1) is 6.07 Å². The van der Waals surface area contributed by atoms with E-state index < -0.39 is 0 Å². The Morgan fingerprint density at radius 3 is 2.35 bits per heavy atom. The highest BCUT2D eigenvalue weighted by atomic mass is 16.5. The predicted molar refractivity (Wildman–Crippen MR) is 63.0 cm³/mol. The van der Waals surface area contributed by atoms with Gasteiger partial charge in [0.2, 0.25) is 5.91 Å². The molecule has 0 radical (unpaired) electrons. The number of nitrogens with zero attached hydrogens (tertiary/aromatic N) is 1. The van der Waals surface area contributed by atoms with E-state index in [9.17, 15) is 4.79 Å². The number of amides is 1. The Morgan fingerprint density at radius 2 is 1.76 bits per heavy atom. The first-order valence-electron chi connectivity index (χ1n) is 6.57. The Hall–Kier alpha value is -1.08. The summed E-state index contributed by atoms with van der Waals surface area (Å²) in [5.41, 5.74) is 0. The Morgan fingerprint density at radius 1 is 1.12 bits per heavy atom. The molecule has 2 fully saturated rings. The molecule has 0 bridgehead atoms. The summed E-state index contributed by atoms with van der Waals surface area (Å²) in [7, 11) is 0. The van der Waals surface area contributed by atoms with Crippen molar-refractivity contribution in [3.05, 3.63) is 0 Å². The van der Waals surface area contributed by atoms with Gasteiger partial charge >= 0.3 is 0 Å². The summed E-state index contributed by atoms with van der Waals surface area (Å²) >= 11 is 0. The zero-order chi connectivity index (χ0) is 12.1. The number of ether oxygens (including phenoxy) is 1. The smallest absolute Gasteiger partial charge is 0.223 e. The van der Waals surface area contributed by atoms with Crippen molar-refractivity contribution in [2.24, 2.45) is 11.8 Å². The van der Waals surface area contributed by atoms with Gasteiger partial charge in [0.25, 0.3) is 0 Å². The van der Waals surface area contributed by atoms with Gasteiger partial charge in [-0.3, -0.25) is 4.79 Å². The quantitative estimate of drug-likeness (QED) is 0.792. The molecule has 4 heteroatoms. The zero-order valence-corrected chi connectivity index (χ0v) is 10.2. The molecule has 2 rings (SSSR count). The van der Waals surface area contributed by atoms with Crippen molar-refractivity contribution in [2.75, 3.05) is 13.2 Å². The molecule has 1 amide bonds. The molecule has 1 N–H and O–H groups in total. The van der Waals surface area contributed by atoms with E-state index in [-0.39, 0.29) is 23.8 Å². The fourth-order valence-electron chi connectivity index (χ4n) is 2.65. The normalized spacial score (nSPS) is 30.5. The number of hydrogen-bond acceptors (Lipinski definition) is 3. The first kappa shape index (κ1) is 12.4. The summed E-state index contributed by atoms with van der Waals surface area (Å²) in [5.74, 6) is 0.525. The Labute approximate surface area is 102 Å². The van der Waals surface area contributed by atoms with E-state index in [1.165, 1.54) is 0 Å². The molecule has 0 unspecified atom stereocenters. The summed E-state index contributed by atoms with van der Waals surface area (Å²) in [6, 6.07) is 2.60. The van der Waals surface area contributed by atoms with Gasteiger partial charge < -0.3 is 10.1 Å². The summed E-state index contributed by atoms with van der Waals surface area (Å²) in [6.07, 6.45) is 5.45. The van der Waals surface area contributed by atoms with Crippen LogP contribution in [0.25, 0.3) is 0 Å². The number of hydrogen-bond donors (Lipinski definition) is 1. The number of rotatable bonds is 2. The minimum Gasteiger partial charge on any atom is -0.381 e. The van der Waals surface area contributed by atoms with Crippen LogP contribution in [0.15, 0.2) is 0 Å². The lowest BCUT2D eigenvalue weighted by atomic mass is 9.86. The largest absolute Gasteiger partial charge is 0.381 e. The molecular weight excluding hydrogens is 216 g/mol. The number of nitriles is 1. The second kappa shape index (κ2) is 6.02. The summed E-state index contributed by atoms with van der Waals surface area (Å²) in [6.45, 7) is 1.42. The molecule has 4 nitrogen and oxygen atoms in total. The summed E-state index contributed by atoms with van der Waals surface area (Å²) in [4.78, 5) is 12.0. The third kappa shape index (κ3) is 3.44. The first-order valence-corrected chi connectivity index (χ1v) is 6.57. The van der Waals surface area contributed by atoms with Crippen molar-refractivity contribution in [2.45, 2.75) is 44.6 Å². The van der Waals surface area contributed by atoms with Crippen LogP contribution in [-0.4, -0.2) is 25.2 Å². The molecule has 2 aliphatic rings. The van der Waals surface area contributed by atoms with Crippen molar-refractivity contribution < 1.29 is 9.53 Å². The van der Waals surface area contributed by atoms with Crippen LogP contribution in [0.4, 0.5) is 0 Å². The monoisotopic (exact) mass is 236 g/mol. The van der Waals surface area contributed by atoms with E-state index in [2.05, 4.69) is 11.4 Å². The van der Waals surface area contributed by atoms with Crippen molar-refractivity contribution >= 4 is 5.91 Å². The SMILES string of the molecule is N#CC1CCC(NC(=O)C2CCOCC2)CC1. The standard InChI is InChI=1S/C13H20N2O2/c14-9-10-1-3-12(4-2-10)15-13(16)11-5-7-17-8-6-11/h10-12H,1-8H2,(H,15,16). The van der Waals surface area contributed by atoms with E-state index in [1.807, 2.05) is 0 Å². The van der Waals surface area contributed by atoms with Gasteiger partial charge in [0.15, 0.2) is 0 Å². The molecule has 1 aliphatic heterocycles. The van der Waals surface area contributed by atoms with Crippen molar-refractivity contribution in [3.8, 4) is 6.07 Å². The molecule has 0 aromatic rings. The molecule has 0 aromatic carbocycles. The summed E-state index contributed by atoms with van der Waals surface area (Å²) in [5, 5.41) is 11.9. The number of nitrogens with one attached hydrogen (secondary N) is 1. The van der Waals surface area contributed by atoms with E-state index >= 15 is 0 Å². The first-order chi connectivity index (χ1) is 8.29. The molecule has 94 valence electrons. The van der Waals surface area contributed by atoms with Crippen LogP contribution in [0.5, 0.6) is 0 Å². The topological polar surface area (TPSA) is 62.1 Å². The van der Waals surface area contributed by atoms with Gasteiger partial charge in [-0.2, -0.15) is 5.26 Å². The fraction of sp³-hybridized carbons (Fsp3) is 0.846. The Kier molecular flexibility index (Phi) is 4.38. The molecule has 1 saturated heterocycles. The lowest BCUT2D eigenvalue weighted by Gasteiger charge is -2.28. The minimum absolute atomic E-state index is 0.137. The van der Waals surface area contributed by atoms with E-state index in [0.29, 0.717) is 13.2 Å². The maximum atomic E-state index is 12.0. The Balaban J connectivity index is 1.74. The predicted octanol–water partition coefficient (Wildman–Crippen LogP) is 1.61. The third-order valence-electron chi connectivity index (χ3n) is 3.85. The molecule has 0 spiro atoms. The highest BCUT2D eigenvalue weighted by Gasteiger charge is 2.26. The van der Waals surface area contributed by atoms with Gasteiger partial charge in [-0.25, -0.2) is 0 Å². The van der Waals surface area contributed by atoms with Gasteiger partial charge in [-0.05, 0) is 38.5 Å². The van der Waals surface area contributed by atoms with Gasteiger partial charge in [-0.1, -0.05) is 0 Å². The second-order valence-corrected chi connectivity index (χ2v) is 5.07. The van der Waals surface area contributed by atoms with Gasteiger partial charge in [0.1, 0.15) is 0 Å².